The van der Waals surface area contributed by atoms with Crippen LogP contribution >= 0.6 is 0 Å². The fourth-order valence-corrected chi connectivity index (χ4v) is 6.68. The highest BCUT2D eigenvalue weighted by Gasteiger charge is 2.19. The molecule has 60 heavy (non-hydrogen) atoms. The van der Waals surface area contributed by atoms with Gasteiger partial charge < -0.3 is 14.2 Å². The lowest BCUT2D eigenvalue weighted by Crippen LogP contribution is -2.30. The smallest absolute Gasteiger partial charge is 0.306 e. The largest absolute Gasteiger partial charge is 0.462 e. The Kier molecular flexibility index (Phi) is 46.0. The van der Waals surface area contributed by atoms with Crippen molar-refractivity contribution >= 4 is 17.9 Å². The summed E-state index contributed by atoms with van der Waals surface area (Å²) in [5.41, 5.74) is 0. The van der Waals surface area contributed by atoms with Crippen LogP contribution in [0.15, 0.2) is 72.9 Å². The predicted molar refractivity (Wildman–Crippen MR) is 256 cm³/mol. The van der Waals surface area contributed by atoms with E-state index in [2.05, 4.69) is 93.7 Å². The molecule has 0 amide bonds. The van der Waals surface area contributed by atoms with Gasteiger partial charge in [-0.3, -0.25) is 14.4 Å². The van der Waals surface area contributed by atoms with Gasteiger partial charge in [0.15, 0.2) is 6.10 Å². The zero-order valence-corrected chi connectivity index (χ0v) is 39.2. The summed E-state index contributed by atoms with van der Waals surface area (Å²) in [6.07, 6.45) is 60.4. The van der Waals surface area contributed by atoms with Gasteiger partial charge in [-0.2, -0.15) is 0 Å². The Bertz CT molecular complexity index is 1140. The monoisotopic (exact) mass is 837 g/mol. The molecule has 0 aromatic heterocycles. The first-order chi connectivity index (χ1) is 29.5. The third-order valence-corrected chi connectivity index (χ3v) is 10.4. The van der Waals surface area contributed by atoms with Gasteiger partial charge >= 0.3 is 17.9 Å². The molecule has 344 valence electrons. The van der Waals surface area contributed by atoms with E-state index < -0.39 is 6.10 Å². The Morgan fingerprint density at radius 2 is 0.667 bits per heavy atom. The highest BCUT2D eigenvalue weighted by atomic mass is 16.6. The summed E-state index contributed by atoms with van der Waals surface area (Å²) in [6.45, 7) is 6.43. The zero-order valence-electron chi connectivity index (χ0n) is 39.2. The summed E-state index contributed by atoms with van der Waals surface area (Å²) in [5.74, 6) is -0.909. The Morgan fingerprint density at radius 1 is 0.350 bits per heavy atom. The van der Waals surface area contributed by atoms with Gasteiger partial charge in [-0.25, -0.2) is 0 Å². The second kappa shape index (κ2) is 48.5. The average molecular weight is 837 g/mol. The van der Waals surface area contributed by atoms with Crippen LogP contribution in [0.5, 0.6) is 0 Å². The zero-order chi connectivity index (χ0) is 43.7. The summed E-state index contributed by atoms with van der Waals surface area (Å²) < 4.78 is 16.7. The summed E-state index contributed by atoms with van der Waals surface area (Å²) in [6, 6.07) is 0. The number of esters is 3. The molecule has 0 aliphatic rings. The standard InChI is InChI=1S/C54H92O6/c1-4-7-10-13-16-19-21-22-23-24-25-26-27-28-29-30-31-32-34-35-38-41-44-47-53(56)59-50-51(49-58-52(55)46-43-40-37-18-15-12-9-6-3)60-54(57)48-45-42-39-36-33-20-17-14-11-8-5-2/h7,10,14,16-17,19,22-23,25-26,28-29,51H,4-6,8-9,11-13,15,18,20-21,24,27,30-50H2,1-3H3/b10-7-,17-14-,19-16-,23-22-,26-25-,29-28-. The van der Waals surface area contributed by atoms with Crippen molar-refractivity contribution in [1.82, 2.24) is 0 Å². The van der Waals surface area contributed by atoms with Gasteiger partial charge in [0.05, 0.1) is 0 Å². The normalized spacial score (nSPS) is 12.7. The van der Waals surface area contributed by atoms with Crippen molar-refractivity contribution < 1.29 is 28.6 Å². The molecule has 0 aliphatic heterocycles. The predicted octanol–water partition coefficient (Wildman–Crippen LogP) is 16.3. The van der Waals surface area contributed by atoms with E-state index in [1.54, 1.807) is 0 Å². The van der Waals surface area contributed by atoms with Crippen LogP contribution in [0.4, 0.5) is 0 Å². The van der Waals surface area contributed by atoms with Crippen LogP contribution in [-0.2, 0) is 28.6 Å². The van der Waals surface area contributed by atoms with Gasteiger partial charge in [0, 0.05) is 19.3 Å². The fraction of sp³-hybridized carbons (Fsp3) is 0.722. The van der Waals surface area contributed by atoms with Crippen molar-refractivity contribution in [2.75, 3.05) is 13.2 Å². The minimum absolute atomic E-state index is 0.0816. The molecule has 6 nitrogen and oxygen atoms in total. The molecule has 0 heterocycles. The number of ether oxygens (including phenoxy) is 3. The summed E-state index contributed by atoms with van der Waals surface area (Å²) in [5, 5.41) is 0. The van der Waals surface area contributed by atoms with Crippen molar-refractivity contribution in [2.24, 2.45) is 0 Å². The lowest BCUT2D eigenvalue weighted by atomic mass is 10.1. The lowest BCUT2D eigenvalue weighted by Gasteiger charge is -2.18. The van der Waals surface area contributed by atoms with E-state index in [0.29, 0.717) is 19.3 Å². The molecule has 1 unspecified atom stereocenters. The number of unbranched alkanes of at least 4 members (excludes halogenated alkanes) is 21. The van der Waals surface area contributed by atoms with Gasteiger partial charge in [0.1, 0.15) is 13.2 Å². The van der Waals surface area contributed by atoms with Crippen LogP contribution in [-0.4, -0.2) is 37.2 Å². The molecular weight excluding hydrogens is 745 g/mol. The van der Waals surface area contributed by atoms with Crippen molar-refractivity contribution in [3.8, 4) is 0 Å². The maximum absolute atomic E-state index is 12.7. The number of carbonyl (C=O) groups excluding carboxylic acids is 3. The van der Waals surface area contributed by atoms with E-state index in [9.17, 15) is 14.4 Å². The van der Waals surface area contributed by atoms with Crippen LogP contribution in [0.3, 0.4) is 0 Å². The van der Waals surface area contributed by atoms with Crippen LogP contribution in [0, 0.1) is 0 Å². The first kappa shape index (κ1) is 56.9. The van der Waals surface area contributed by atoms with E-state index in [0.717, 1.165) is 109 Å². The molecule has 1 atom stereocenters. The molecule has 0 N–H and O–H groups in total. The fourth-order valence-electron chi connectivity index (χ4n) is 6.68. The minimum atomic E-state index is -0.780. The Hall–Kier alpha value is -3.15. The molecule has 0 aromatic carbocycles. The second-order valence-electron chi connectivity index (χ2n) is 16.3. The first-order valence-corrected chi connectivity index (χ1v) is 24.9. The third-order valence-electron chi connectivity index (χ3n) is 10.4. The summed E-state index contributed by atoms with van der Waals surface area (Å²) >= 11 is 0. The molecule has 0 aliphatic carbocycles. The third kappa shape index (κ3) is 45.9. The van der Waals surface area contributed by atoms with Gasteiger partial charge in [-0.15, -0.1) is 0 Å². The van der Waals surface area contributed by atoms with Crippen molar-refractivity contribution in [3.05, 3.63) is 72.9 Å². The quantitative estimate of drug-likeness (QED) is 0.0263. The molecule has 0 aromatic rings. The molecule has 0 bridgehead atoms. The lowest BCUT2D eigenvalue weighted by molar-refractivity contribution is -0.167. The molecule has 0 saturated heterocycles. The number of allylic oxidation sites excluding steroid dienone is 12. The van der Waals surface area contributed by atoms with E-state index >= 15 is 0 Å². The van der Waals surface area contributed by atoms with Gasteiger partial charge in [-0.1, -0.05) is 203 Å². The van der Waals surface area contributed by atoms with E-state index in [1.165, 1.54) is 83.5 Å². The molecular formula is C54H92O6. The average Bonchev–Trinajstić information content (AvgIpc) is 3.24. The molecule has 6 heteroatoms. The number of hydrogen-bond donors (Lipinski definition) is 0. The maximum Gasteiger partial charge on any atom is 0.306 e. The Labute approximate surface area is 370 Å². The highest BCUT2D eigenvalue weighted by molar-refractivity contribution is 5.71. The number of rotatable bonds is 44. The molecule has 0 radical (unpaired) electrons. The van der Waals surface area contributed by atoms with Crippen molar-refractivity contribution in [1.29, 1.82) is 0 Å². The van der Waals surface area contributed by atoms with Gasteiger partial charge in [0.2, 0.25) is 0 Å². The first-order valence-electron chi connectivity index (χ1n) is 24.9. The van der Waals surface area contributed by atoms with E-state index in [-0.39, 0.29) is 31.1 Å². The molecule has 0 rings (SSSR count). The highest BCUT2D eigenvalue weighted by Crippen LogP contribution is 2.14. The minimum Gasteiger partial charge on any atom is -0.462 e. The summed E-state index contributed by atoms with van der Waals surface area (Å²) in [7, 11) is 0. The number of hydrogen-bond acceptors (Lipinski definition) is 6. The Morgan fingerprint density at radius 3 is 1.08 bits per heavy atom. The SMILES string of the molecule is CC/C=C\C/C=C\C/C=C\C/C=C\C/C=C\CCCCCCCCCC(=O)OCC(COC(=O)CCCCCCCCCC)OC(=O)CCCCCCC/C=C\CCCC. The molecule has 0 fully saturated rings. The van der Waals surface area contributed by atoms with Crippen LogP contribution in [0.1, 0.15) is 233 Å². The van der Waals surface area contributed by atoms with Crippen LogP contribution in [0.25, 0.3) is 0 Å². The van der Waals surface area contributed by atoms with Gasteiger partial charge in [-0.05, 0) is 83.5 Å². The van der Waals surface area contributed by atoms with Crippen molar-refractivity contribution in [2.45, 2.75) is 239 Å². The number of carbonyl (C=O) groups is 3. The van der Waals surface area contributed by atoms with Gasteiger partial charge in [0.25, 0.3) is 0 Å². The molecule has 0 saturated carbocycles. The molecule has 0 spiro atoms. The van der Waals surface area contributed by atoms with Crippen LogP contribution < -0.4 is 0 Å². The van der Waals surface area contributed by atoms with E-state index in [4.69, 9.17) is 14.2 Å². The topological polar surface area (TPSA) is 78.9 Å². The van der Waals surface area contributed by atoms with Crippen LogP contribution in [0.2, 0.25) is 0 Å². The van der Waals surface area contributed by atoms with E-state index in [1.807, 2.05) is 0 Å². The second-order valence-corrected chi connectivity index (χ2v) is 16.3. The Balaban J connectivity index is 4.25. The van der Waals surface area contributed by atoms with Crippen molar-refractivity contribution in [3.63, 3.8) is 0 Å². The summed E-state index contributed by atoms with van der Waals surface area (Å²) in [4.78, 5) is 37.7. The maximum atomic E-state index is 12.7.